The SMILES string of the molecule is N#Cc1cccc(NC(=O)CCNc2ccccc2Oc2ccccc2)c1. The smallest absolute Gasteiger partial charge is 0.226 e. The highest BCUT2D eigenvalue weighted by Crippen LogP contribution is 2.28. The molecule has 0 saturated carbocycles. The number of benzene rings is 3. The van der Waals surface area contributed by atoms with Crippen molar-refractivity contribution < 1.29 is 9.53 Å². The monoisotopic (exact) mass is 357 g/mol. The molecule has 2 N–H and O–H groups in total. The minimum Gasteiger partial charge on any atom is -0.455 e. The van der Waals surface area contributed by atoms with E-state index < -0.39 is 0 Å². The first kappa shape index (κ1) is 18.0. The zero-order chi connectivity index (χ0) is 18.9. The van der Waals surface area contributed by atoms with E-state index in [9.17, 15) is 4.79 Å². The van der Waals surface area contributed by atoms with Crippen LogP contribution in [0.5, 0.6) is 11.5 Å². The maximum atomic E-state index is 12.1. The summed E-state index contributed by atoms with van der Waals surface area (Å²) in [5.74, 6) is 1.33. The Morgan fingerprint density at radius 2 is 1.74 bits per heavy atom. The van der Waals surface area contributed by atoms with Crippen LogP contribution in [0.15, 0.2) is 78.9 Å². The molecule has 3 rings (SSSR count). The van der Waals surface area contributed by atoms with E-state index in [-0.39, 0.29) is 12.3 Å². The molecule has 134 valence electrons. The maximum Gasteiger partial charge on any atom is 0.226 e. The van der Waals surface area contributed by atoms with Gasteiger partial charge in [0, 0.05) is 18.7 Å². The topological polar surface area (TPSA) is 74.2 Å². The third-order valence-electron chi connectivity index (χ3n) is 3.80. The number of nitrogens with one attached hydrogen (secondary N) is 2. The second-order valence-electron chi connectivity index (χ2n) is 5.83. The number of para-hydroxylation sites is 3. The van der Waals surface area contributed by atoms with Gasteiger partial charge in [0.25, 0.3) is 0 Å². The number of carbonyl (C=O) groups is 1. The number of anilines is 2. The number of amides is 1. The molecule has 0 bridgehead atoms. The Bertz CT molecular complexity index is 949. The zero-order valence-corrected chi connectivity index (χ0v) is 14.7. The van der Waals surface area contributed by atoms with Crippen molar-refractivity contribution in [2.45, 2.75) is 6.42 Å². The van der Waals surface area contributed by atoms with E-state index >= 15 is 0 Å². The number of nitriles is 1. The summed E-state index contributed by atoms with van der Waals surface area (Å²) >= 11 is 0. The van der Waals surface area contributed by atoms with Gasteiger partial charge in [-0.05, 0) is 42.5 Å². The van der Waals surface area contributed by atoms with E-state index in [0.29, 0.717) is 23.5 Å². The minimum atomic E-state index is -0.126. The van der Waals surface area contributed by atoms with Gasteiger partial charge in [0.1, 0.15) is 5.75 Å². The third kappa shape index (κ3) is 5.35. The minimum absolute atomic E-state index is 0.126. The molecule has 3 aromatic carbocycles. The molecule has 0 radical (unpaired) electrons. The number of ether oxygens (including phenoxy) is 1. The number of hydrogen-bond acceptors (Lipinski definition) is 4. The van der Waals surface area contributed by atoms with Crippen molar-refractivity contribution in [3.63, 3.8) is 0 Å². The quantitative estimate of drug-likeness (QED) is 0.637. The van der Waals surface area contributed by atoms with E-state index in [1.54, 1.807) is 24.3 Å². The summed E-state index contributed by atoms with van der Waals surface area (Å²) in [5, 5.41) is 14.9. The lowest BCUT2D eigenvalue weighted by atomic mass is 10.2. The Hall–Kier alpha value is -3.78. The predicted octanol–water partition coefficient (Wildman–Crippen LogP) is 4.79. The molecule has 0 saturated heterocycles. The Kier molecular flexibility index (Phi) is 6.05. The molecule has 0 spiro atoms. The lowest BCUT2D eigenvalue weighted by Gasteiger charge is -2.13. The van der Waals surface area contributed by atoms with E-state index in [4.69, 9.17) is 10.00 Å². The van der Waals surface area contributed by atoms with E-state index in [0.717, 1.165) is 11.4 Å². The van der Waals surface area contributed by atoms with Crippen LogP contribution in [0, 0.1) is 11.3 Å². The summed E-state index contributed by atoms with van der Waals surface area (Å²) in [4.78, 5) is 12.1. The Morgan fingerprint density at radius 3 is 2.56 bits per heavy atom. The van der Waals surface area contributed by atoms with Crippen LogP contribution in [-0.4, -0.2) is 12.5 Å². The fourth-order valence-corrected chi connectivity index (χ4v) is 2.52. The molecular weight excluding hydrogens is 338 g/mol. The highest BCUT2D eigenvalue weighted by Gasteiger charge is 2.06. The van der Waals surface area contributed by atoms with Gasteiger partial charge in [0.05, 0.1) is 17.3 Å². The second-order valence-corrected chi connectivity index (χ2v) is 5.83. The van der Waals surface area contributed by atoms with E-state index in [1.807, 2.05) is 54.6 Å². The fourth-order valence-electron chi connectivity index (χ4n) is 2.52. The molecule has 5 heteroatoms. The molecule has 27 heavy (non-hydrogen) atoms. The lowest BCUT2D eigenvalue weighted by Crippen LogP contribution is -2.16. The van der Waals surface area contributed by atoms with Gasteiger partial charge >= 0.3 is 0 Å². The van der Waals surface area contributed by atoms with Crippen LogP contribution in [-0.2, 0) is 4.79 Å². The van der Waals surface area contributed by atoms with Crippen molar-refractivity contribution in [1.82, 2.24) is 0 Å². The number of carbonyl (C=O) groups excluding carboxylic acids is 1. The summed E-state index contributed by atoms with van der Waals surface area (Å²) in [6, 6.07) is 26.0. The van der Waals surface area contributed by atoms with Gasteiger partial charge < -0.3 is 15.4 Å². The largest absolute Gasteiger partial charge is 0.455 e. The van der Waals surface area contributed by atoms with Crippen molar-refractivity contribution in [2.24, 2.45) is 0 Å². The highest BCUT2D eigenvalue weighted by atomic mass is 16.5. The van der Waals surface area contributed by atoms with Crippen molar-refractivity contribution in [3.8, 4) is 17.6 Å². The molecule has 0 fully saturated rings. The molecular formula is C22H19N3O2. The van der Waals surface area contributed by atoms with Crippen LogP contribution in [0.4, 0.5) is 11.4 Å². The Labute approximate surface area is 158 Å². The maximum absolute atomic E-state index is 12.1. The second kappa shape index (κ2) is 9.07. The number of hydrogen-bond donors (Lipinski definition) is 2. The molecule has 0 aromatic heterocycles. The van der Waals surface area contributed by atoms with Gasteiger partial charge in [-0.3, -0.25) is 4.79 Å². The van der Waals surface area contributed by atoms with Crippen LogP contribution in [0.2, 0.25) is 0 Å². The first-order chi connectivity index (χ1) is 13.2. The van der Waals surface area contributed by atoms with Gasteiger partial charge in [0.2, 0.25) is 5.91 Å². The average Bonchev–Trinajstić information content (AvgIpc) is 2.70. The molecule has 0 aliphatic rings. The van der Waals surface area contributed by atoms with Gasteiger partial charge in [-0.25, -0.2) is 0 Å². The molecule has 1 amide bonds. The first-order valence-electron chi connectivity index (χ1n) is 8.60. The summed E-state index contributed by atoms with van der Waals surface area (Å²) in [6.45, 7) is 0.457. The average molecular weight is 357 g/mol. The van der Waals surface area contributed by atoms with Crippen molar-refractivity contribution in [2.75, 3.05) is 17.2 Å². The van der Waals surface area contributed by atoms with E-state index in [1.165, 1.54) is 0 Å². The van der Waals surface area contributed by atoms with E-state index in [2.05, 4.69) is 16.7 Å². The van der Waals surface area contributed by atoms with Crippen molar-refractivity contribution in [1.29, 1.82) is 5.26 Å². The zero-order valence-electron chi connectivity index (χ0n) is 14.7. The number of nitrogens with zero attached hydrogens (tertiary/aromatic N) is 1. The molecule has 0 heterocycles. The van der Waals surface area contributed by atoms with Crippen LogP contribution in [0.1, 0.15) is 12.0 Å². The van der Waals surface area contributed by atoms with Crippen LogP contribution >= 0.6 is 0 Å². The van der Waals surface area contributed by atoms with Crippen LogP contribution < -0.4 is 15.4 Å². The predicted molar refractivity (Wildman–Crippen MR) is 106 cm³/mol. The molecule has 0 unspecified atom stereocenters. The van der Waals surface area contributed by atoms with Gasteiger partial charge in [-0.1, -0.05) is 36.4 Å². The standard InChI is InChI=1S/C22H19N3O2/c23-16-17-7-6-8-18(15-17)25-22(26)13-14-24-20-11-4-5-12-21(20)27-19-9-2-1-3-10-19/h1-12,15,24H,13-14H2,(H,25,26). The Morgan fingerprint density at radius 1 is 0.963 bits per heavy atom. The molecule has 3 aromatic rings. The first-order valence-corrected chi connectivity index (χ1v) is 8.60. The highest BCUT2D eigenvalue weighted by molar-refractivity contribution is 5.91. The fraction of sp³-hybridized carbons (Fsp3) is 0.0909. The molecule has 0 atom stereocenters. The van der Waals surface area contributed by atoms with Gasteiger partial charge in [-0.2, -0.15) is 5.26 Å². The third-order valence-corrected chi connectivity index (χ3v) is 3.80. The molecule has 5 nitrogen and oxygen atoms in total. The summed E-state index contributed by atoms with van der Waals surface area (Å²) in [7, 11) is 0. The summed E-state index contributed by atoms with van der Waals surface area (Å²) in [5.41, 5.74) is 1.95. The van der Waals surface area contributed by atoms with Gasteiger partial charge in [0.15, 0.2) is 5.75 Å². The molecule has 0 aliphatic carbocycles. The Balaban J connectivity index is 1.54. The van der Waals surface area contributed by atoms with Gasteiger partial charge in [-0.15, -0.1) is 0 Å². The number of rotatable bonds is 7. The van der Waals surface area contributed by atoms with Crippen molar-refractivity contribution in [3.05, 3.63) is 84.4 Å². The molecule has 0 aliphatic heterocycles. The lowest BCUT2D eigenvalue weighted by molar-refractivity contribution is -0.115. The van der Waals surface area contributed by atoms with Crippen molar-refractivity contribution >= 4 is 17.3 Å². The normalized spacial score (nSPS) is 9.89. The van der Waals surface area contributed by atoms with Crippen LogP contribution in [0.3, 0.4) is 0 Å². The summed E-state index contributed by atoms with van der Waals surface area (Å²) < 4.78 is 5.89. The summed E-state index contributed by atoms with van der Waals surface area (Å²) in [6.07, 6.45) is 0.288. The van der Waals surface area contributed by atoms with Crippen LogP contribution in [0.25, 0.3) is 0 Å².